The minimum atomic E-state index is -0.104. The van der Waals surface area contributed by atoms with Gasteiger partial charge in [-0.15, -0.1) is 11.3 Å². The standard InChI is InChI=1S/C12H6BrNOS/c13-11-6-5-10(16-11)12(15)9-4-2-1-3-8(9)7-14/h1-6H. The van der Waals surface area contributed by atoms with E-state index in [1.54, 1.807) is 30.3 Å². The van der Waals surface area contributed by atoms with Gasteiger partial charge in [0.1, 0.15) is 0 Å². The SMILES string of the molecule is N#Cc1ccccc1C(=O)c1ccc(Br)s1. The van der Waals surface area contributed by atoms with E-state index >= 15 is 0 Å². The van der Waals surface area contributed by atoms with Gasteiger partial charge in [-0.2, -0.15) is 5.26 Å². The molecule has 2 rings (SSSR count). The highest BCUT2D eigenvalue weighted by Gasteiger charge is 2.14. The zero-order chi connectivity index (χ0) is 11.5. The van der Waals surface area contributed by atoms with Crippen LogP contribution in [0.4, 0.5) is 0 Å². The molecule has 0 fully saturated rings. The molecule has 0 unspecified atom stereocenters. The van der Waals surface area contributed by atoms with Crippen molar-refractivity contribution in [1.82, 2.24) is 0 Å². The molecule has 0 spiro atoms. The smallest absolute Gasteiger partial charge is 0.204 e. The second kappa shape index (κ2) is 4.60. The fraction of sp³-hybridized carbons (Fsp3) is 0. The maximum Gasteiger partial charge on any atom is 0.204 e. The van der Waals surface area contributed by atoms with Crippen molar-refractivity contribution in [1.29, 1.82) is 5.26 Å². The molecule has 0 aliphatic carbocycles. The molecule has 78 valence electrons. The van der Waals surface area contributed by atoms with Gasteiger partial charge in [0.15, 0.2) is 0 Å². The van der Waals surface area contributed by atoms with Gasteiger partial charge < -0.3 is 0 Å². The molecule has 1 aromatic carbocycles. The molecular formula is C12H6BrNOS. The van der Waals surface area contributed by atoms with Crippen molar-refractivity contribution < 1.29 is 4.79 Å². The Hall–Kier alpha value is -1.44. The molecule has 0 aliphatic heterocycles. The Balaban J connectivity index is 2.46. The van der Waals surface area contributed by atoms with E-state index in [4.69, 9.17) is 5.26 Å². The average Bonchev–Trinajstić information content (AvgIpc) is 2.75. The van der Waals surface area contributed by atoms with E-state index in [-0.39, 0.29) is 5.78 Å². The lowest BCUT2D eigenvalue weighted by Crippen LogP contribution is -2.01. The normalized spacial score (nSPS) is 9.75. The first-order chi connectivity index (χ1) is 7.72. The van der Waals surface area contributed by atoms with Gasteiger partial charge in [-0.25, -0.2) is 0 Å². The van der Waals surface area contributed by atoms with E-state index in [2.05, 4.69) is 15.9 Å². The van der Waals surface area contributed by atoms with Crippen molar-refractivity contribution in [2.24, 2.45) is 0 Å². The minimum absolute atomic E-state index is 0.104. The number of benzene rings is 1. The molecule has 0 bridgehead atoms. The summed E-state index contributed by atoms with van der Waals surface area (Å²) in [7, 11) is 0. The van der Waals surface area contributed by atoms with E-state index < -0.39 is 0 Å². The lowest BCUT2D eigenvalue weighted by Gasteiger charge is -1.99. The van der Waals surface area contributed by atoms with Crippen molar-refractivity contribution in [2.75, 3.05) is 0 Å². The number of nitrogens with zero attached hydrogens (tertiary/aromatic N) is 1. The van der Waals surface area contributed by atoms with Crippen LogP contribution in [0.25, 0.3) is 0 Å². The third-order valence-corrected chi connectivity index (χ3v) is 3.71. The summed E-state index contributed by atoms with van der Waals surface area (Å²) < 4.78 is 0.908. The highest BCUT2D eigenvalue weighted by atomic mass is 79.9. The molecule has 1 heterocycles. The maximum absolute atomic E-state index is 12.1. The van der Waals surface area contributed by atoms with E-state index in [1.807, 2.05) is 12.1 Å². The second-order valence-corrected chi connectivity index (χ2v) is 5.55. The van der Waals surface area contributed by atoms with Crippen LogP contribution in [0.5, 0.6) is 0 Å². The van der Waals surface area contributed by atoms with Crippen molar-refractivity contribution in [3.63, 3.8) is 0 Å². The third-order valence-electron chi connectivity index (χ3n) is 2.09. The molecule has 16 heavy (non-hydrogen) atoms. The Labute approximate surface area is 105 Å². The molecular weight excluding hydrogens is 286 g/mol. The number of hydrogen-bond acceptors (Lipinski definition) is 3. The first-order valence-corrected chi connectivity index (χ1v) is 6.12. The van der Waals surface area contributed by atoms with E-state index in [9.17, 15) is 4.79 Å². The molecule has 0 N–H and O–H groups in total. The van der Waals surface area contributed by atoms with Gasteiger partial charge >= 0.3 is 0 Å². The summed E-state index contributed by atoms with van der Waals surface area (Å²) in [6, 6.07) is 12.4. The molecule has 1 aromatic heterocycles. The quantitative estimate of drug-likeness (QED) is 0.793. The first kappa shape index (κ1) is 11.1. The number of rotatable bonds is 2. The van der Waals surface area contributed by atoms with Gasteiger partial charge in [-0.3, -0.25) is 4.79 Å². The molecule has 0 aliphatic rings. The maximum atomic E-state index is 12.1. The van der Waals surface area contributed by atoms with Crippen LogP contribution < -0.4 is 0 Å². The predicted molar refractivity (Wildman–Crippen MR) is 66.6 cm³/mol. The number of hydrogen-bond donors (Lipinski definition) is 0. The summed E-state index contributed by atoms with van der Waals surface area (Å²) in [5.41, 5.74) is 0.872. The van der Waals surface area contributed by atoms with E-state index in [0.717, 1.165) is 3.79 Å². The van der Waals surface area contributed by atoms with E-state index in [1.165, 1.54) is 11.3 Å². The molecule has 2 nitrogen and oxygen atoms in total. The number of carbonyl (C=O) groups is 1. The second-order valence-electron chi connectivity index (χ2n) is 3.09. The summed E-state index contributed by atoms with van der Waals surface area (Å²) in [4.78, 5) is 12.7. The summed E-state index contributed by atoms with van der Waals surface area (Å²) in [6.07, 6.45) is 0. The van der Waals surface area contributed by atoms with Crippen LogP contribution in [-0.2, 0) is 0 Å². The highest BCUT2D eigenvalue weighted by Crippen LogP contribution is 2.25. The summed E-state index contributed by atoms with van der Waals surface area (Å²) in [5, 5.41) is 8.91. The van der Waals surface area contributed by atoms with Crippen LogP contribution in [0.15, 0.2) is 40.2 Å². The van der Waals surface area contributed by atoms with Crippen molar-refractivity contribution in [2.45, 2.75) is 0 Å². The summed E-state index contributed by atoms with van der Waals surface area (Å²) in [6.45, 7) is 0. The number of halogens is 1. The van der Waals surface area contributed by atoms with Crippen LogP contribution in [0.3, 0.4) is 0 Å². The lowest BCUT2D eigenvalue weighted by molar-refractivity contribution is 0.104. The van der Waals surface area contributed by atoms with Crippen LogP contribution in [0.1, 0.15) is 20.8 Å². The zero-order valence-electron chi connectivity index (χ0n) is 8.11. The lowest BCUT2D eigenvalue weighted by atomic mass is 10.0. The minimum Gasteiger partial charge on any atom is -0.288 e. The summed E-state index contributed by atoms with van der Waals surface area (Å²) >= 11 is 4.68. The van der Waals surface area contributed by atoms with Gasteiger partial charge in [0.05, 0.1) is 20.3 Å². The van der Waals surface area contributed by atoms with E-state index in [0.29, 0.717) is 16.0 Å². The molecule has 0 atom stereocenters. The largest absolute Gasteiger partial charge is 0.288 e. The van der Waals surface area contributed by atoms with Crippen molar-refractivity contribution in [3.05, 3.63) is 56.2 Å². The van der Waals surface area contributed by atoms with Gasteiger partial charge in [-0.05, 0) is 40.2 Å². The Morgan fingerprint density at radius 1 is 1.25 bits per heavy atom. The molecule has 0 radical (unpaired) electrons. The van der Waals surface area contributed by atoms with Crippen molar-refractivity contribution in [3.8, 4) is 6.07 Å². The molecule has 0 saturated carbocycles. The molecule has 0 saturated heterocycles. The Kier molecular flexibility index (Phi) is 3.18. The first-order valence-electron chi connectivity index (χ1n) is 4.51. The summed E-state index contributed by atoms with van der Waals surface area (Å²) in [5.74, 6) is -0.104. The van der Waals surface area contributed by atoms with Crippen LogP contribution in [0, 0.1) is 11.3 Å². The number of ketones is 1. The van der Waals surface area contributed by atoms with Crippen LogP contribution >= 0.6 is 27.3 Å². The number of carbonyl (C=O) groups excluding carboxylic acids is 1. The van der Waals surface area contributed by atoms with Gasteiger partial charge in [-0.1, -0.05) is 12.1 Å². The Morgan fingerprint density at radius 2 is 2.00 bits per heavy atom. The Morgan fingerprint density at radius 3 is 2.62 bits per heavy atom. The Bertz CT molecular complexity index is 583. The van der Waals surface area contributed by atoms with Gasteiger partial charge in [0.25, 0.3) is 0 Å². The number of nitriles is 1. The predicted octanol–water partition coefficient (Wildman–Crippen LogP) is 3.61. The van der Waals surface area contributed by atoms with Crippen LogP contribution in [-0.4, -0.2) is 5.78 Å². The van der Waals surface area contributed by atoms with Crippen molar-refractivity contribution >= 4 is 33.0 Å². The average molecular weight is 292 g/mol. The fourth-order valence-corrected chi connectivity index (χ4v) is 2.69. The monoisotopic (exact) mass is 291 g/mol. The topological polar surface area (TPSA) is 40.9 Å². The molecule has 4 heteroatoms. The van der Waals surface area contributed by atoms with Gasteiger partial charge in [0.2, 0.25) is 5.78 Å². The zero-order valence-corrected chi connectivity index (χ0v) is 10.5. The molecule has 0 amide bonds. The molecule has 2 aromatic rings. The van der Waals surface area contributed by atoms with Gasteiger partial charge in [0, 0.05) is 5.56 Å². The fourth-order valence-electron chi connectivity index (χ4n) is 1.35. The third kappa shape index (κ3) is 2.06. The van der Waals surface area contributed by atoms with Crippen LogP contribution in [0.2, 0.25) is 0 Å². The number of thiophene rings is 1. The highest BCUT2D eigenvalue weighted by molar-refractivity contribution is 9.11.